The predicted octanol–water partition coefficient (Wildman–Crippen LogP) is 5.30. The van der Waals surface area contributed by atoms with Crippen LogP contribution in [0.3, 0.4) is 0 Å². The summed E-state index contributed by atoms with van der Waals surface area (Å²) in [5.41, 5.74) is 2.63. The Hall–Kier alpha value is -2.32. The van der Waals surface area contributed by atoms with Gasteiger partial charge in [0.1, 0.15) is 11.3 Å². The number of aromatic nitrogens is 1. The second-order valence-corrected chi connectivity index (χ2v) is 5.06. The molecule has 2 nitrogen and oxygen atoms in total. The lowest BCUT2D eigenvalue weighted by Gasteiger charge is -1.99. The van der Waals surface area contributed by atoms with Crippen molar-refractivity contribution in [2.45, 2.75) is 0 Å². The first-order valence-corrected chi connectivity index (χ1v) is 6.73. The normalized spacial score (nSPS) is 11.2. The van der Waals surface area contributed by atoms with Crippen molar-refractivity contribution >= 4 is 33.5 Å². The third-order valence-electron chi connectivity index (χ3n) is 3.38. The second kappa shape index (κ2) is 4.36. The van der Waals surface area contributed by atoms with E-state index in [9.17, 15) is 0 Å². The van der Waals surface area contributed by atoms with E-state index in [0.717, 1.165) is 33.2 Å². The van der Waals surface area contributed by atoms with Crippen molar-refractivity contribution in [2.24, 2.45) is 0 Å². The zero-order chi connectivity index (χ0) is 13.5. The van der Waals surface area contributed by atoms with Crippen molar-refractivity contribution in [2.75, 3.05) is 0 Å². The monoisotopic (exact) mass is 279 g/mol. The van der Waals surface area contributed by atoms with Crippen LogP contribution in [-0.4, -0.2) is 4.98 Å². The van der Waals surface area contributed by atoms with Gasteiger partial charge in [-0.3, -0.25) is 4.98 Å². The molecule has 0 aliphatic carbocycles. The summed E-state index contributed by atoms with van der Waals surface area (Å²) in [6.45, 7) is 0. The van der Waals surface area contributed by atoms with Gasteiger partial charge in [-0.2, -0.15) is 0 Å². The van der Waals surface area contributed by atoms with Gasteiger partial charge in [0.25, 0.3) is 0 Å². The van der Waals surface area contributed by atoms with E-state index in [2.05, 4.69) is 4.98 Å². The smallest absolute Gasteiger partial charge is 0.161 e. The lowest BCUT2D eigenvalue weighted by Crippen LogP contribution is -1.79. The van der Waals surface area contributed by atoms with Gasteiger partial charge in [-0.05, 0) is 24.3 Å². The van der Waals surface area contributed by atoms with E-state index in [1.54, 1.807) is 6.20 Å². The minimum atomic E-state index is 0.695. The van der Waals surface area contributed by atoms with Gasteiger partial charge in [0.15, 0.2) is 5.58 Å². The highest BCUT2D eigenvalue weighted by molar-refractivity contribution is 6.37. The molecule has 96 valence electrons. The van der Waals surface area contributed by atoms with Crippen LogP contribution in [0.4, 0.5) is 0 Å². The highest BCUT2D eigenvalue weighted by Crippen LogP contribution is 2.35. The molecule has 0 fully saturated rings. The molecule has 0 radical (unpaired) electrons. The largest absolute Gasteiger partial charge is 0.454 e. The summed E-state index contributed by atoms with van der Waals surface area (Å²) in [6, 6.07) is 17.8. The maximum Gasteiger partial charge on any atom is 0.161 e. The minimum Gasteiger partial charge on any atom is -0.454 e. The first-order chi connectivity index (χ1) is 9.83. The first kappa shape index (κ1) is 11.5. The highest BCUT2D eigenvalue weighted by Gasteiger charge is 2.12. The molecule has 2 heterocycles. The van der Waals surface area contributed by atoms with Crippen molar-refractivity contribution in [3.63, 3.8) is 0 Å². The van der Waals surface area contributed by atoms with E-state index in [-0.39, 0.29) is 0 Å². The lowest BCUT2D eigenvalue weighted by molar-refractivity contribution is 0.634. The zero-order valence-corrected chi connectivity index (χ0v) is 11.3. The summed E-state index contributed by atoms with van der Waals surface area (Å²) in [6.07, 6.45) is 1.75. The number of hydrogen-bond donors (Lipinski definition) is 0. The van der Waals surface area contributed by atoms with Crippen LogP contribution in [0.1, 0.15) is 0 Å². The van der Waals surface area contributed by atoms with Gasteiger partial charge < -0.3 is 4.42 Å². The number of halogens is 1. The summed E-state index contributed by atoms with van der Waals surface area (Å²) >= 11 is 6.31. The molecule has 0 saturated heterocycles. The van der Waals surface area contributed by atoms with E-state index in [4.69, 9.17) is 16.0 Å². The molecule has 2 aromatic heterocycles. The fraction of sp³-hybridized carbons (Fsp3) is 0. The first-order valence-electron chi connectivity index (χ1n) is 6.35. The van der Waals surface area contributed by atoms with Crippen LogP contribution in [0.15, 0.2) is 65.2 Å². The fourth-order valence-electron chi connectivity index (χ4n) is 2.44. The Kier molecular flexibility index (Phi) is 2.51. The van der Waals surface area contributed by atoms with Crippen LogP contribution in [0.2, 0.25) is 5.02 Å². The summed E-state index contributed by atoms with van der Waals surface area (Å²) in [5.74, 6) is 0.829. The third kappa shape index (κ3) is 1.69. The van der Waals surface area contributed by atoms with Gasteiger partial charge >= 0.3 is 0 Å². The lowest BCUT2D eigenvalue weighted by atomic mass is 10.1. The van der Waals surface area contributed by atoms with Gasteiger partial charge in [-0.1, -0.05) is 41.9 Å². The van der Waals surface area contributed by atoms with Crippen molar-refractivity contribution in [3.05, 3.63) is 65.8 Å². The molecule has 0 atom stereocenters. The van der Waals surface area contributed by atoms with E-state index in [1.807, 2.05) is 54.6 Å². The molecule has 20 heavy (non-hydrogen) atoms. The van der Waals surface area contributed by atoms with Crippen molar-refractivity contribution in [3.8, 4) is 11.3 Å². The quantitative estimate of drug-likeness (QED) is 0.472. The summed E-state index contributed by atoms with van der Waals surface area (Å²) in [5, 5.41) is 2.58. The highest BCUT2D eigenvalue weighted by atomic mass is 35.5. The van der Waals surface area contributed by atoms with Crippen LogP contribution in [0.5, 0.6) is 0 Å². The Morgan fingerprint density at radius 1 is 0.950 bits per heavy atom. The van der Waals surface area contributed by atoms with Crippen LogP contribution in [0, 0.1) is 0 Å². The van der Waals surface area contributed by atoms with E-state index < -0.39 is 0 Å². The van der Waals surface area contributed by atoms with Gasteiger partial charge in [0.2, 0.25) is 0 Å². The molecule has 4 rings (SSSR count). The Labute approximate surface area is 120 Å². The summed E-state index contributed by atoms with van der Waals surface area (Å²) < 4.78 is 6.00. The third-order valence-corrected chi connectivity index (χ3v) is 3.69. The Bertz CT molecular complexity index is 912. The molecular weight excluding hydrogens is 270 g/mol. The van der Waals surface area contributed by atoms with Gasteiger partial charge in [0.05, 0.1) is 5.02 Å². The van der Waals surface area contributed by atoms with Crippen LogP contribution < -0.4 is 0 Å². The fourth-order valence-corrected chi connectivity index (χ4v) is 2.71. The molecule has 2 aromatic carbocycles. The van der Waals surface area contributed by atoms with Crippen molar-refractivity contribution < 1.29 is 4.42 Å². The van der Waals surface area contributed by atoms with Crippen molar-refractivity contribution in [1.29, 1.82) is 0 Å². The number of furan rings is 1. The number of rotatable bonds is 1. The Morgan fingerprint density at radius 3 is 2.65 bits per heavy atom. The topological polar surface area (TPSA) is 26.0 Å². The predicted molar refractivity (Wildman–Crippen MR) is 82.0 cm³/mol. The van der Waals surface area contributed by atoms with Gasteiger partial charge in [-0.15, -0.1) is 0 Å². The standard InChI is InChI=1S/C17H10ClNO/c18-14-9-12-10-15(11-5-2-1-3-6-11)20-17(12)16-13(14)7-4-8-19-16/h1-10H. The molecule has 0 saturated carbocycles. The molecule has 0 aliphatic heterocycles. The van der Waals surface area contributed by atoms with Crippen molar-refractivity contribution in [1.82, 2.24) is 4.98 Å². The Morgan fingerprint density at radius 2 is 1.80 bits per heavy atom. The average Bonchev–Trinajstić information content (AvgIpc) is 2.93. The minimum absolute atomic E-state index is 0.695. The maximum atomic E-state index is 6.31. The van der Waals surface area contributed by atoms with Crippen LogP contribution in [0.25, 0.3) is 33.2 Å². The molecule has 0 bridgehead atoms. The maximum absolute atomic E-state index is 6.31. The number of pyridine rings is 1. The zero-order valence-electron chi connectivity index (χ0n) is 10.5. The van der Waals surface area contributed by atoms with Crippen LogP contribution >= 0.6 is 11.6 Å². The molecule has 0 N–H and O–H groups in total. The van der Waals surface area contributed by atoms with Gasteiger partial charge in [-0.25, -0.2) is 0 Å². The van der Waals surface area contributed by atoms with E-state index in [0.29, 0.717) is 5.02 Å². The molecule has 0 amide bonds. The van der Waals surface area contributed by atoms with E-state index in [1.165, 1.54) is 0 Å². The molecule has 0 aliphatic rings. The van der Waals surface area contributed by atoms with E-state index >= 15 is 0 Å². The summed E-state index contributed by atoms with van der Waals surface area (Å²) in [4.78, 5) is 4.40. The average molecular weight is 280 g/mol. The molecule has 4 aromatic rings. The van der Waals surface area contributed by atoms with Gasteiger partial charge in [0, 0.05) is 22.5 Å². The number of nitrogens with zero attached hydrogens (tertiary/aromatic N) is 1. The number of benzene rings is 2. The van der Waals surface area contributed by atoms with Crippen LogP contribution in [-0.2, 0) is 0 Å². The summed E-state index contributed by atoms with van der Waals surface area (Å²) in [7, 11) is 0. The second-order valence-electron chi connectivity index (χ2n) is 4.65. The number of fused-ring (bicyclic) bond motifs is 3. The molecule has 0 unspecified atom stereocenters. The molecule has 0 spiro atoms. The number of hydrogen-bond acceptors (Lipinski definition) is 2. The SMILES string of the molecule is Clc1cc2cc(-c3ccccc3)oc2c2ncccc12. The molecular formula is C17H10ClNO. The molecule has 3 heteroatoms. The Balaban J connectivity index is 2.07.